The van der Waals surface area contributed by atoms with Gasteiger partial charge in [-0.3, -0.25) is 4.79 Å². The van der Waals surface area contributed by atoms with E-state index < -0.39 is 41.1 Å². The minimum atomic E-state index is -6.03. The molecule has 0 amide bonds. The zero-order valence-electron chi connectivity index (χ0n) is 17.6. The summed E-state index contributed by atoms with van der Waals surface area (Å²) in [5.74, 6) is -5.76. The van der Waals surface area contributed by atoms with Crippen molar-refractivity contribution in [1.82, 2.24) is 4.98 Å². The fourth-order valence-electron chi connectivity index (χ4n) is 4.86. The Hall–Kier alpha value is -3.14. The number of hydrogen-bond acceptors (Lipinski definition) is 4. The molecule has 176 valence electrons. The smallest absolute Gasteiger partial charge is 0.456 e. The Morgan fingerprint density at radius 2 is 1.70 bits per heavy atom. The third-order valence-electron chi connectivity index (χ3n) is 6.22. The van der Waals surface area contributed by atoms with Crippen LogP contribution in [-0.4, -0.2) is 32.9 Å². The Kier molecular flexibility index (Phi) is 5.01. The molecule has 0 fully saturated rings. The van der Waals surface area contributed by atoms with Gasteiger partial charge in [-0.15, -0.1) is 0 Å². The molecule has 0 aliphatic heterocycles. The number of aromatic hydroxyl groups is 1. The van der Waals surface area contributed by atoms with E-state index in [1.807, 2.05) is 0 Å². The van der Waals surface area contributed by atoms with E-state index in [4.69, 9.17) is 0 Å². The first-order valence-corrected chi connectivity index (χ1v) is 10.1. The van der Waals surface area contributed by atoms with Crippen molar-refractivity contribution in [2.45, 2.75) is 49.4 Å². The highest BCUT2D eigenvalue weighted by Gasteiger charge is 2.74. The van der Waals surface area contributed by atoms with Crippen molar-refractivity contribution in [3.8, 4) is 5.75 Å². The van der Waals surface area contributed by atoms with Crippen molar-refractivity contribution >= 4 is 16.6 Å². The molecule has 5 nitrogen and oxygen atoms in total. The number of rotatable bonds is 3. The van der Waals surface area contributed by atoms with Gasteiger partial charge in [0, 0.05) is 22.7 Å². The first-order chi connectivity index (χ1) is 15.2. The van der Waals surface area contributed by atoms with Gasteiger partial charge in [-0.2, -0.15) is 22.0 Å². The minimum Gasteiger partial charge on any atom is -0.508 e. The fourth-order valence-corrected chi connectivity index (χ4v) is 4.86. The van der Waals surface area contributed by atoms with Gasteiger partial charge in [-0.05, 0) is 41.7 Å². The van der Waals surface area contributed by atoms with Crippen LogP contribution in [0.5, 0.6) is 5.75 Å². The van der Waals surface area contributed by atoms with Gasteiger partial charge in [0.15, 0.2) is 5.60 Å². The maximum Gasteiger partial charge on any atom is 0.456 e. The van der Waals surface area contributed by atoms with E-state index in [9.17, 15) is 37.0 Å². The number of pyridine rings is 1. The summed E-state index contributed by atoms with van der Waals surface area (Å²) in [6.07, 6.45) is -7.02. The number of benzene rings is 2. The second kappa shape index (κ2) is 7.18. The Morgan fingerprint density at radius 3 is 2.36 bits per heavy atom. The third kappa shape index (κ3) is 3.43. The quantitative estimate of drug-likeness (QED) is 0.408. The molecule has 33 heavy (non-hydrogen) atoms. The second-order valence-corrected chi connectivity index (χ2v) is 8.97. The summed E-state index contributed by atoms with van der Waals surface area (Å²) in [5, 5.41) is 24.6. The van der Waals surface area contributed by atoms with Gasteiger partial charge in [0.2, 0.25) is 5.56 Å². The van der Waals surface area contributed by atoms with Crippen molar-refractivity contribution in [3.63, 3.8) is 0 Å². The lowest BCUT2D eigenvalue weighted by Crippen LogP contribution is -2.65. The number of phenols is 1. The van der Waals surface area contributed by atoms with Crippen LogP contribution >= 0.6 is 0 Å². The number of fused-ring (bicyclic) bond motifs is 2. The number of phenolic OH excluding ortho intramolecular Hbond substituents is 1. The number of hydrogen-bond donors (Lipinski definition) is 4. The number of anilines is 1. The number of alkyl halides is 5. The molecule has 0 saturated carbocycles. The number of aliphatic hydroxyl groups is 1. The molecule has 0 spiro atoms. The fraction of sp³-hybridized carbons (Fsp3) is 0.348. The van der Waals surface area contributed by atoms with Crippen LogP contribution in [0.25, 0.3) is 10.9 Å². The Morgan fingerprint density at radius 1 is 1.03 bits per heavy atom. The Labute approximate surface area is 184 Å². The zero-order chi connectivity index (χ0) is 24.4. The molecular formula is C23H21F5N2O3. The van der Waals surface area contributed by atoms with Crippen LogP contribution in [0.1, 0.15) is 37.4 Å². The maximum atomic E-state index is 14.9. The minimum absolute atomic E-state index is 0.0842. The van der Waals surface area contributed by atoms with Crippen molar-refractivity contribution in [3.05, 3.63) is 70.0 Å². The van der Waals surface area contributed by atoms with Crippen LogP contribution in [0.2, 0.25) is 0 Å². The Balaban J connectivity index is 1.98. The Bertz CT molecular complexity index is 1290. The summed E-state index contributed by atoms with van der Waals surface area (Å²) in [7, 11) is 0. The van der Waals surface area contributed by atoms with Gasteiger partial charge < -0.3 is 20.5 Å². The highest BCUT2D eigenvalue weighted by atomic mass is 19.4. The predicted octanol–water partition coefficient (Wildman–Crippen LogP) is 5.00. The van der Waals surface area contributed by atoms with E-state index in [0.717, 1.165) is 0 Å². The predicted molar refractivity (Wildman–Crippen MR) is 113 cm³/mol. The van der Waals surface area contributed by atoms with E-state index in [1.54, 1.807) is 6.07 Å². The number of H-pyrrole nitrogens is 1. The molecule has 2 atom stereocenters. The molecule has 3 aromatic rings. The van der Waals surface area contributed by atoms with E-state index in [0.29, 0.717) is 10.9 Å². The molecule has 1 aliphatic rings. The van der Waals surface area contributed by atoms with E-state index in [1.165, 1.54) is 56.3 Å². The molecule has 1 aliphatic carbocycles. The number of nitrogens with one attached hydrogen (secondary N) is 2. The zero-order valence-corrected chi connectivity index (χ0v) is 17.6. The second-order valence-electron chi connectivity index (χ2n) is 8.97. The SMILES string of the molecule is CC1(C)CC(O)(C(F)(F)C(F)(F)F)C(Nc2cccc3[nH]c(=O)ccc23)c2cccc(O)c21. The van der Waals surface area contributed by atoms with Gasteiger partial charge in [0.05, 0.1) is 11.6 Å². The molecule has 0 saturated heterocycles. The van der Waals surface area contributed by atoms with E-state index >= 15 is 0 Å². The summed E-state index contributed by atoms with van der Waals surface area (Å²) in [4.78, 5) is 14.2. The van der Waals surface area contributed by atoms with Crippen LogP contribution in [0, 0.1) is 0 Å². The molecular weight excluding hydrogens is 447 g/mol. The number of aromatic amines is 1. The standard InChI is InChI=1S/C23H21F5N2O3/c1-20(2)11-21(33,22(24,25)23(26,27)28)19(13-5-3-8-16(31)18(13)20)30-15-7-4-6-14-12(15)9-10-17(32)29-14/h3-10,19,30-31,33H,11H2,1-2H3,(H,29,32). The van der Waals surface area contributed by atoms with Crippen molar-refractivity contribution in [1.29, 1.82) is 0 Å². The average molecular weight is 468 g/mol. The molecule has 1 heterocycles. The molecule has 4 N–H and O–H groups in total. The van der Waals surface area contributed by atoms with Gasteiger partial charge in [0.25, 0.3) is 0 Å². The molecule has 0 bridgehead atoms. The highest BCUT2D eigenvalue weighted by molar-refractivity contribution is 5.91. The monoisotopic (exact) mass is 468 g/mol. The number of aromatic nitrogens is 1. The van der Waals surface area contributed by atoms with Crippen LogP contribution in [0.4, 0.5) is 27.6 Å². The summed E-state index contributed by atoms with van der Waals surface area (Å²) in [6.45, 7) is 2.78. The summed E-state index contributed by atoms with van der Waals surface area (Å²) >= 11 is 0. The van der Waals surface area contributed by atoms with Crippen LogP contribution in [0.15, 0.2) is 53.3 Å². The van der Waals surface area contributed by atoms with Gasteiger partial charge in [0.1, 0.15) is 5.75 Å². The largest absolute Gasteiger partial charge is 0.508 e. The summed E-state index contributed by atoms with van der Waals surface area (Å²) in [5.41, 5.74) is -4.90. The normalized spacial score (nSPS) is 22.7. The molecule has 2 unspecified atom stereocenters. The lowest BCUT2D eigenvalue weighted by molar-refractivity contribution is -0.349. The lowest BCUT2D eigenvalue weighted by Gasteiger charge is -2.51. The topological polar surface area (TPSA) is 85.4 Å². The first kappa shape index (κ1) is 23.0. The van der Waals surface area contributed by atoms with Crippen molar-refractivity contribution in [2.24, 2.45) is 0 Å². The molecule has 2 aromatic carbocycles. The highest BCUT2D eigenvalue weighted by Crippen LogP contribution is 2.59. The summed E-state index contributed by atoms with van der Waals surface area (Å²) in [6, 6.07) is 9.04. The first-order valence-electron chi connectivity index (χ1n) is 10.1. The van der Waals surface area contributed by atoms with E-state index in [-0.39, 0.29) is 22.6 Å². The molecule has 10 heteroatoms. The van der Waals surface area contributed by atoms with Gasteiger partial charge in [-0.25, -0.2) is 0 Å². The van der Waals surface area contributed by atoms with Gasteiger partial charge in [-0.1, -0.05) is 32.0 Å². The van der Waals surface area contributed by atoms with Crippen LogP contribution in [0.3, 0.4) is 0 Å². The van der Waals surface area contributed by atoms with Gasteiger partial charge >= 0.3 is 12.1 Å². The van der Waals surface area contributed by atoms with Crippen molar-refractivity contribution < 1.29 is 32.2 Å². The maximum absolute atomic E-state index is 14.9. The third-order valence-corrected chi connectivity index (χ3v) is 6.22. The van der Waals surface area contributed by atoms with Crippen molar-refractivity contribution in [2.75, 3.05) is 5.32 Å². The summed E-state index contributed by atoms with van der Waals surface area (Å²) < 4.78 is 70.5. The van der Waals surface area contributed by atoms with Crippen LogP contribution < -0.4 is 10.9 Å². The molecule has 1 aromatic heterocycles. The van der Waals surface area contributed by atoms with Crippen LogP contribution in [-0.2, 0) is 5.41 Å². The van der Waals surface area contributed by atoms with E-state index in [2.05, 4.69) is 10.3 Å². The lowest BCUT2D eigenvalue weighted by atomic mass is 9.61. The molecule has 0 radical (unpaired) electrons. The molecule has 4 rings (SSSR count). The average Bonchev–Trinajstić information content (AvgIpc) is 2.69. The number of halogens is 5.